The minimum Gasteiger partial charge on any atom is -0.378 e. The van der Waals surface area contributed by atoms with Crippen molar-refractivity contribution in [1.82, 2.24) is 5.43 Å². The van der Waals surface area contributed by atoms with Crippen LogP contribution in [0.2, 0.25) is 0 Å². The van der Waals surface area contributed by atoms with Crippen molar-refractivity contribution in [3.63, 3.8) is 0 Å². The number of nitrogens with two attached hydrogens (primary N) is 1. The van der Waals surface area contributed by atoms with Gasteiger partial charge < -0.3 is 9.47 Å². The van der Waals surface area contributed by atoms with E-state index in [4.69, 9.17) is 15.3 Å². The molecule has 0 radical (unpaired) electrons. The van der Waals surface area contributed by atoms with E-state index in [0.717, 1.165) is 32.3 Å². The van der Waals surface area contributed by atoms with Crippen LogP contribution in [0.3, 0.4) is 0 Å². The predicted molar refractivity (Wildman–Crippen MR) is 69.6 cm³/mol. The van der Waals surface area contributed by atoms with Gasteiger partial charge in [0, 0.05) is 13.7 Å². The minimum absolute atomic E-state index is 0.145. The summed E-state index contributed by atoms with van der Waals surface area (Å²) in [5.41, 5.74) is 2.79. The molecule has 0 aromatic carbocycles. The largest absolute Gasteiger partial charge is 0.378 e. The van der Waals surface area contributed by atoms with Crippen LogP contribution in [0.25, 0.3) is 0 Å². The van der Waals surface area contributed by atoms with Crippen molar-refractivity contribution in [2.24, 2.45) is 5.84 Å². The second-order valence-electron chi connectivity index (χ2n) is 4.91. The van der Waals surface area contributed by atoms with E-state index in [1.807, 2.05) is 0 Å². The SMILES string of the molecule is CCC(CC)(OC)C(CCC1CCCO1)NN. The molecule has 0 amide bonds. The zero-order chi connectivity index (χ0) is 12.7. The smallest absolute Gasteiger partial charge is 0.0839 e. The van der Waals surface area contributed by atoms with E-state index in [-0.39, 0.29) is 11.6 Å². The number of hydrazine groups is 1. The molecule has 2 atom stereocenters. The lowest BCUT2D eigenvalue weighted by Gasteiger charge is -2.38. The Morgan fingerprint density at radius 3 is 2.59 bits per heavy atom. The third-order valence-corrected chi connectivity index (χ3v) is 4.24. The minimum atomic E-state index is -0.145. The Bertz CT molecular complexity index is 193. The van der Waals surface area contributed by atoms with Gasteiger partial charge in [-0.15, -0.1) is 0 Å². The van der Waals surface area contributed by atoms with Crippen molar-refractivity contribution in [3.05, 3.63) is 0 Å². The average Bonchev–Trinajstić information content (AvgIpc) is 2.88. The van der Waals surface area contributed by atoms with Gasteiger partial charge in [0.25, 0.3) is 0 Å². The summed E-state index contributed by atoms with van der Waals surface area (Å²) >= 11 is 0. The molecule has 0 aliphatic carbocycles. The lowest BCUT2D eigenvalue weighted by molar-refractivity contribution is -0.0525. The fraction of sp³-hybridized carbons (Fsp3) is 1.00. The summed E-state index contributed by atoms with van der Waals surface area (Å²) in [7, 11) is 1.78. The second-order valence-corrected chi connectivity index (χ2v) is 4.91. The molecule has 4 nitrogen and oxygen atoms in total. The van der Waals surface area contributed by atoms with E-state index in [1.165, 1.54) is 12.8 Å². The highest BCUT2D eigenvalue weighted by molar-refractivity contribution is 4.90. The van der Waals surface area contributed by atoms with E-state index >= 15 is 0 Å². The van der Waals surface area contributed by atoms with Crippen LogP contribution >= 0.6 is 0 Å². The lowest BCUT2D eigenvalue weighted by atomic mass is 9.85. The number of hydrogen-bond donors (Lipinski definition) is 2. The highest BCUT2D eigenvalue weighted by Gasteiger charge is 2.35. The number of ether oxygens (including phenoxy) is 2. The predicted octanol–water partition coefficient (Wildman–Crippen LogP) is 1.98. The molecule has 1 aliphatic heterocycles. The zero-order valence-electron chi connectivity index (χ0n) is 11.5. The van der Waals surface area contributed by atoms with Crippen molar-refractivity contribution in [2.75, 3.05) is 13.7 Å². The molecule has 0 bridgehead atoms. The highest BCUT2D eigenvalue weighted by Crippen LogP contribution is 2.28. The molecule has 3 N–H and O–H groups in total. The summed E-state index contributed by atoms with van der Waals surface area (Å²) in [5.74, 6) is 5.70. The molecular weight excluding hydrogens is 216 g/mol. The van der Waals surface area contributed by atoms with Crippen molar-refractivity contribution in [3.8, 4) is 0 Å². The summed E-state index contributed by atoms with van der Waals surface area (Å²) in [4.78, 5) is 0. The van der Waals surface area contributed by atoms with E-state index in [0.29, 0.717) is 6.10 Å². The molecular formula is C13H28N2O2. The van der Waals surface area contributed by atoms with Crippen molar-refractivity contribution in [1.29, 1.82) is 0 Å². The standard InChI is InChI=1S/C13H28N2O2/c1-4-13(5-2,16-3)12(15-14)9-8-11-7-6-10-17-11/h11-12,15H,4-10,14H2,1-3H3. The van der Waals surface area contributed by atoms with Crippen molar-refractivity contribution >= 4 is 0 Å². The first-order valence-corrected chi connectivity index (χ1v) is 6.85. The number of hydrogen-bond acceptors (Lipinski definition) is 4. The Morgan fingerprint density at radius 2 is 2.18 bits per heavy atom. The molecule has 1 fully saturated rings. The third-order valence-electron chi connectivity index (χ3n) is 4.24. The second kappa shape index (κ2) is 7.31. The molecule has 1 rings (SSSR count). The average molecular weight is 244 g/mol. The van der Waals surface area contributed by atoms with Gasteiger partial charge in [0.1, 0.15) is 0 Å². The van der Waals surface area contributed by atoms with Crippen LogP contribution in [0.1, 0.15) is 52.4 Å². The van der Waals surface area contributed by atoms with Gasteiger partial charge in [0.15, 0.2) is 0 Å². The van der Waals surface area contributed by atoms with Gasteiger partial charge in [-0.3, -0.25) is 11.3 Å². The maximum absolute atomic E-state index is 5.72. The van der Waals surface area contributed by atoms with Crippen molar-refractivity contribution < 1.29 is 9.47 Å². The quantitative estimate of drug-likeness (QED) is 0.506. The molecule has 2 unspecified atom stereocenters. The van der Waals surface area contributed by atoms with Crippen LogP contribution in [0.15, 0.2) is 0 Å². The summed E-state index contributed by atoms with van der Waals surface area (Å²) in [6, 6.07) is 0.201. The topological polar surface area (TPSA) is 56.5 Å². The number of rotatable bonds is 8. The Hall–Kier alpha value is -0.160. The van der Waals surface area contributed by atoms with Crippen LogP contribution in [0.5, 0.6) is 0 Å². The zero-order valence-corrected chi connectivity index (χ0v) is 11.5. The number of methoxy groups -OCH3 is 1. The molecule has 102 valence electrons. The molecule has 1 saturated heterocycles. The molecule has 0 spiro atoms. The summed E-state index contributed by atoms with van der Waals surface area (Å²) < 4.78 is 11.4. The van der Waals surface area contributed by atoms with Crippen LogP contribution in [-0.4, -0.2) is 31.5 Å². The van der Waals surface area contributed by atoms with E-state index in [9.17, 15) is 0 Å². The normalized spacial score (nSPS) is 22.9. The Labute approximate surface area is 105 Å². The van der Waals surface area contributed by atoms with Gasteiger partial charge in [-0.05, 0) is 38.5 Å². The first-order valence-electron chi connectivity index (χ1n) is 6.85. The van der Waals surface area contributed by atoms with Crippen molar-refractivity contribution in [2.45, 2.75) is 70.1 Å². The Morgan fingerprint density at radius 1 is 1.47 bits per heavy atom. The molecule has 1 heterocycles. The third kappa shape index (κ3) is 3.65. The molecule has 4 heteroatoms. The first-order chi connectivity index (χ1) is 8.22. The molecule has 0 saturated carbocycles. The lowest BCUT2D eigenvalue weighted by Crippen LogP contribution is -2.54. The highest BCUT2D eigenvalue weighted by atomic mass is 16.5. The monoisotopic (exact) mass is 244 g/mol. The summed E-state index contributed by atoms with van der Waals surface area (Å²) in [6.07, 6.45) is 6.84. The van der Waals surface area contributed by atoms with E-state index in [1.54, 1.807) is 7.11 Å². The van der Waals surface area contributed by atoms with Gasteiger partial charge in [-0.2, -0.15) is 0 Å². The van der Waals surface area contributed by atoms with Gasteiger partial charge in [0.05, 0.1) is 17.7 Å². The maximum atomic E-state index is 5.72. The fourth-order valence-corrected chi connectivity index (χ4v) is 2.90. The molecule has 0 aromatic heterocycles. The van der Waals surface area contributed by atoms with Gasteiger partial charge in [-0.25, -0.2) is 0 Å². The fourth-order valence-electron chi connectivity index (χ4n) is 2.90. The Kier molecular flexibility index (Phi) is 6.41. The van der Waals surface area contributed by atoms with Crippen LogP contribution in [0.4, 0.5) is 0 Å². The Balaban J connectivity index is 2.49. The van der Waals surface area contributed by atoms with Crippen LogP contribution in [-0.2, 0) is 9.47 Å². The van der Waals surface area contributed by atoms with Gasteiger partial charge in [-0.1, -0.05) is 13.8 Å². The maximum Gasteiger partial charge on any atom is 0.0839 e. The first kappa shape index (κ1) is 14.9. The van der Waals surface area contributed by atoms with E-state index in [2.05, 4.69) is 19.3 Å². The summed E-state index contributed by atoms with van der Waals surface area (Å²) in [5, 5.41) is 0. The number of nitrogens with one attached hydrogen (secondary N) is 1. The molecule has 0 aromatic rings. The summed E-state index contributed by atoms with van der Waals surface area (Å²) in [6.45, 7) is 5.23. The van der Waals surface area contributed by atoms with Gasteiger partial charge in [0.2, 0.25) is 0 Å². The van der Waals surface area contributed by atoms with Crippen LogP contribution in [0, 0.1) is 0 Å². The van der Waals surface area contributed by atoms with Crippen LogP contribution < -0.4 is 11.3 Å². The van der Waals surface area contributed by atoms with Gasteiger partial charge >= 0.3 is 0 Å². The molecule has 1 aliphatic rings. The van der Waals surface area contributed by atoms with E-state index < -0.39 is 0 Å². The molecule has 17 heavy (non-hydrogen) atoms.